The first-order valence-corrected chi connectivity index (χ1v) is 11.5. The fourth-order valence-corrected chi connectivity index (χ4v) is 4.20. The first-order valence-electron chi connectivity index (χ1n) is 10.7. The number of amides is 1. The molecular formula is C23H24N6O5S. The Hall–Kier alpha value is -4.03. The van der Waals surface area contributed by atoms with Crippen molar-refractivity contribution in [2.45, 2.75) is 19.4 Å². The topological polar surface area (TPSA) is 133 Å². The molecule has 35 heavy (non-hydrogen) atoms. The number of hydrogen-bond acceptors (Lipinski definition) is 10. The monoisotopic (exact) mass is 496 g/mol. The van der Waals surface area contributed by atoms with E-state index in [0.29, 0.717) is 23.8 Å². The zero-order valence-electron chi connectivity index (χ0n) is 19.3. The molecule has 0 unspecified atom stereocenters. The molecule has 0 fully saturated rings. The van der Waals surface area contributed by atoms with Gasteiger partial charge in [0, 0.05) is 25.1 Å². The molecule has 0 radical (unpaired) electrons. The van der Waals surface area contributed by atoms with E-state index in [1.807, 2.05) is 43.3 Å². The minimum atomic E-state index is -0.788. The summed E-state index contributed by atoms with van der Waals surface area (Å²) >= 11 is 1.13. The van der Waals surface area contributed by atoms with Gasteiger partial charge in [0.25, 0.3) is 5.91 Å². The van der Waals surface area contributed by atoms with Crippen molar-refractivity contribution < 1.29 is 18.7 Å². The number of rotatable bonds is 10. The summed E-state index contributed by atoms with van der Waals surface area (Å²) in [6.07, 6.45) is 2.27. The summed E-state index contributed by atoms with van der Waals surface area (Å²) in [5.41, 5.74) is 1.49. The summed E-state index contributed by atoms with van der Waals surface area (Å²) < 4.78 is 17.4. The van der Waals surface area contributed by atoms with Crippen LogP contribution in [-0.4, -0.2) is 52.8 Å². The van der Waals surface area contributed by atoms with E-state index in [-0.39, 0.29) is 22.7 Å². The highest BCUT2D eigenvalue weighted by Gasteiger charge is 2.21. The van der Waals surface area contributed by atoms with Crippen molar-refractivity contribution in [3.8, 4) is 10.9 Å². The molecule has 0 bridgehead atoms. The predicted molar refractivity (Wildman–Crippen MR) is 131 cm³/mol. The van der Waals surface area contributed by atoms with E-state index in [1.165, 1.54) is 13.2 Å². The predicted octanol–water partition coefficient (Wildman–Crippen LogP) is 2.92. The second-order valence-electron chi connectivity index (χ2n) is 7.56. The van der Waals surface area contributed by atoms with Gasteiger partial charge in [-0.1, -0.05) is 41.7 Å². The smallest absolute Gasteiger partial charge is 0.381 e. The van der Waals surface area contributed by atoms with Gasteiger partial charge in [0.1, 0.15) is 0 Å². The van der Waals surface area contributed by atoms with Crippen LogP contribution in [0.3, 0.4) is 0 Å². The van der Waals surface area contributed by atoms with Gasteiger partial charge in [0.2, 0.25) is 16.0 Å². The van der Waals surface area contributed by atoms with E-state index in [9.17, 15) is 9.59 Å². The summed E-state index contributed by atoms with van der Waals surface area (Å²) in [6.45, 7) is 2.24. The molecule has 12 heteroatoms. The van der Waals surface area contributed by atoms with Crippen LogP contribution in [0.5, 0.6) is 5.75 Å². The molecule has 0 aliphatic carbocycles. The molecule has 4 aromatic rings. The molecule has 0 saturated heterocycles. The summed E-state index contributed by atoms with van der Waals surface area (Å²) in [5.74, 6) is -0.900. The largest absolute Gasteiger partial charge is 0.488 e. The van der Waals surface area contributed by atoms with E-state index in [4.69, 9.17) is 13.9 Å². The third-order valence-electron chi connectivity index (χ3n) is 5.04. The number of methoxy groups -OCH3 is 2. The minimum Gasteiger partial charge on any atom is -0.488 e. The lowest BCUT2D eigenvalue weighted by Gasteiger charge is -2.20. The van der Waals surface area contributed by atoms with Crippen molar-refractivity contribution in [1.82, 2.24) is 20.0 Å². The Morgan fingerprint density at radius 2 is 2.00 bits per heavy atom. The molecule has 182 valence electrons. The van der Waals surface area contributed by atoms with Gasteiger partial charge in [-0.3, -0.25) is 10.1 Å². The molecule has 2 N–H and O–H groups in total. The fraction of sp³-hybridized carbons (Fsp3) is 0.261. The van der Waals surface area contributed by atoms with E-state index >= 15 is 0 Å². The standard InChI is InChI=1S/C23H24N6O5S/c1-14-9-10-24-29(14)23-28-27-22(35-23)26-20(30)18-12-17(19(33-3)21(31)34-18)25-16(13-32-2)11-15-7-5-4-6-8-15/h4-10,12,16,25H,11,13H2,1-3H3,(H,26,27,30)/t16-/m1/s1. The maximum atomic E-state index is 12.9. The Morgan fingerprint density at radius 3 is 2.69 bits per heavy atom. The molecule has 1 amide bonds. The number of aryl methyl sites for hydroxylation is 1. The van der Waals surface area contributed by atoms with Gasteiger partial charge >= 0.3 is 5.63 Å². The van der Waals surface area contributed by atoms with Crippen molar-refractivity contribution in [3.05, 3.63) is 76.1 Å². The highest BCUT2D eigenvalue weighted by molar-refractivity contribution is 7.17. The van der Waals surface area contributed by atoms with Crippen LogP contribution in [0.4, 0.5) is 10.8 Å². The molecule has 11 nitrogen and oxygen atoms in total. The average Bonchev–Trinajstić information content (AvgIpc) is 3.48. The van der Waals surface area contributed by atoms with Gasteiger partial charge in [-0.2, -0.15) is 5.10 Å². The molecule has 0 spiro atoms. The van der Waals surface area contributed by atoms with Crippen LogP contribution in [0.2, 0.25) is 0 Å². The zero-order chi connectivity index (χ0) is 24.8. The number of nitrogens with one attached hydrogen (secondary N) is 2. The van der Waals surface area contributed by atoms with Gasteiger partial charge in [0.15, 0.2) is 5.76 Å². The lowest BCUT2D eigenvalue weighted by molar-refractivity contribution is 0.0991. The van der Waals surface area contributed by atoms with E-state index in [0.717, 1.165) is 22.6 Å². The quantitative estimate of drug-likeness (QED) is 0.340. The van der Waals surface area contributed by atoms with Gasteiger partial charge in [0.05, 0.1) is 25.4 Å². The molecule has 3 aromatic heterocycles. The van der Waals surface area contributed by atoms with Crippen LogP contribution in [0.15, 0.2) is 57.9 Å². The Labute approximate surface area is 204 Å². The molecule has 0 aliphatic heterocycles. The second-order valence-corrected chi connectivity index (χ2v) is 8.52. The fourth-order valence-electron chi connectivity index (χ4n) is 3.45. The number of benzene rings is 1. The second kappa shape index (κ2) is 10.9. The van der Waals surface area contributed by atoms with Crippen LogP contribution in [-0.2, 0) is 11.2 Å². The first kappa shape index (κ1) is 24.1. The number of anilines is 2. The van der Waals surface area contributed by atoms with Crippen molar-refractivity contribution in [2.75, 3.05) is 31.5 Å². The van der Waals surface area contributed by atoms with Crippen LogP contribution in [0.1, 0.15) is 21.8 Å². The lowest BCUT2D eigenvalue weighted by atomic mass is 10.1. The first-order chi connectivity index (χ1) is 17.0. The maximum absolute atomic E-state index is 12.9. The Bertz CT molecular complexity index is 1350. The van der Waals surface area contributed by atoms with Crippen molar-refractivity contribution in [2.24, 2.45) is 0 Å². The zero-order valence-corrected chi connectivity index (χ0v) is 20.2. The summed E-state index contributed by atoms with van der Waals surface area (Å²) in [4.78, 5) is 25.4. The molecule has 3 heterocycles. The molecule has 1 atom stereocenters. The van der Waals surface area contributed by atoms with Crippen LogP contribution < -0.4 is 21.0 Å². The SMILES string of the molecule is COC[C@@H](Cc1ccccc1)Nc1cc(C(=O)Nc2nnc(-n3nccc3C)s2)oc(=O)c1OC. The average molecular weight is 497 g/mol. The lowest BCUT2D eigenvalue weighted by Crippen LogP contribution is -2.29. The Morgan fingerprint density at radius 1 is 1.20 bits per heavy atom. The maximum Gasteiger partial charge on any atom is 0.381 e. The third kappa shape index (κ3) is 5.73. The van der Waals surface area contributed by atoms with Crippen molar-refractivity contribution in [3.63, 3.8) is 0 Å². The van der Waals surface area contributed by atoms with Gasteiger partial charge < -0.3 is 19.2 Å². The van der Waals surface area contributed by atoms with Crippen molar-refractivity contribution in [1.29, 1.82) is 0 Å². The molecule has 1 aromatic carbocycles. The van der Waals surface area contributed by atoms with Gasteiger partial charge in [-0.15, -0.1) is 10.2 Å². The van der Waals surface area contributed by atoms with E-state index in [1.54, 1.807) is 18.0 Å². The number of hydrogen-bond donors (Lipinski definition) is 2. The summed E-state index contributed by atoms with van der Waals surface area (Å²) in [7, 11) is 2.95. The van der Waals surface area contributed by atoms with Gasteiger partial charge in [-0.05, 0) is 25.0 Å². The molecular weight excluding hydrogens is 472 g/mol. The normalized spacial score (nSPS) is 11.7. The van der Waals surface area contributed by atoms with E-state index in [2.05, 4.69) is 25.9 Å². The Balaban J connectivity index is 1.55. The number of nitrogens with zero attached hydrogens (tertiary/aromatic N) is 4. The Kier molecular flexibility index (Phi) is 7.53. The minimum absolute atomic E-state index is 0.0388. The number of carbonyl (C=O) groups excluding carboxylic acids is 1. The van der Waals surface area contributed by atoms with Crippen LogP contribution in [0, 0.1) is 6.92 Å². The molecule has 0 saturated carbocycles. The summed E-state index contributed by atoms with van der Waals surface area (Å²) in [5, 5.41) is 18.8. The highest BCUT2D eigenvalue weighted by atomic mass is 32.1. The molecule has 0 aliphatic rings. The highest BCUT2D eigenvalue weighted by Crippen LogP contribution is 2.25. The number of aromatic nitrogens is 4. The van der Waals surface area contributed by atoms with Crippen LogP contribution in [0.25, 0.3) is 5.13 Å². The molecule has 4 rings (SSSR count). The van der Waals surface area contributed by atoms with Crippen LogP contribution >= 0.6 is 11.3 Å². The third-order valence-corrected chi connectivity index (χ3v) is 5.85. The summed E-state index contributed by atoms with van der Waals surface area (Å²) in [6, 6.07) is 12.9. The number of ether oxygens (including phenoxy) is 2. The van der Waals surface area contributed by atoms with Crippen molar-refractivity contribution >= 4 is 28.1 Å². The number of carbonyl (C=O) groups is 1. The van der Waals surface area contributed by atoms with Gasteiger partial charge in [-0.25, -0.2) is 9.48 Å². The van der Waals surface area contributed by atoms with E-state index < -0.39 is 11.5 Å².